The molecular formula is C11H20IN5O. The van der Waals surface area contributed by atoms with Crippen LogP contribution < -0.4 is 5.73 Å². The Morgan fingerprint density at radius 1 is 1.50 bits per heavy atom. The lowest BCUT2D eigenvalue weighted by molar-refractivity contribution is 0.0674. The zero-order chi connectivity index (χ0) is 12.1. The predicted molar refractivity (Wildman–Crippen MR) is 81.0 cm³/mol. The van der Waals surface area contributed by atoms with E-state index in [2.05, 4.69) is 17.0 Å². The first-order chi connectivity index (χ1) is 8.29. The molecule has 1 aromatic rings. The minimum atomic E-state index is 0. The predicted octanol–water partition coefficient (Wildman–Crippen LogP) is 0.668. The summed E-state index contributed by atoms with van der Waals surface area (Å²) in [7, 11) is 0. The third-order valence-corrected chi connectivity index (χ3v) is 2.77. The van der Waals surface area contributed by atoms with Crippen molar-refractivity contribution in [1.82, 2.24) is 14.7 Å². The van der Waals surface area contributed by atoms with E-state index >= 15 is 0 Å². The van der Waals surface area contributed by atoms with E-state index in [1.54, 1.807) is 0 Å². The van der Waals surface area contributed by atoms with Crippen LogP contribution in [0.2, 0.25) is 0 Å². The zero-order valence-electron chi connectivity index (χ0n) is 10.6. The average molecular weight is 365 g/mol. The third kappa shape index (κ3) is 4.13. The fourth-order valence-electron chi connectivity index (χ4n) is 1.73. The lowest BCUT2D eigenvalue weighted by Gasteiger charge is -2.27. The van der Waals surface area contributed by atoms with Gasteiger partial charge >= 0.3 is 0 Å². The lowest BCUT2D eigenvalue weighted by atomic mass is 10.4. The van der Waals surface area contributed by atoms with Crippen LogP contribution in [-0.2, 0) is 17.8 Å². The van der Waals surface area contributed by atoms with E-state index in [1.165, 1.54) is 0 Å². The Morgan fingerprint density at radius 2 is 2.22 bits per heavy atom. The quantitative estimate of drug-likeness (QED) is 0.486. The Morgan fingerprint density at radius 3 is 2.83 bits per heavy atom. The number of rotatable bonds is 3. The molecule has 1 aliphatic rings. The molecule has 6 nitrogen and oxygen atoms in total. The molecule has 1 aliphatic heterocycles. The molecule has 0 saturated carbocycles. The molecule has 0 radical (unpaired) electrons. The van der Waals surface area contributed by atoms with Crippen LogP contribution in [0.5, 0.6) is 0 Å². The van der Waals surface area contributed by atoms with Gasteiger partial charge in [0.25, 0.3) is 0 Å². The zero-order valence-corrected chi connectivity index (χ0v) is 12.9. The Hall–Kier alpha value is -0.830. The first kappa shape index (κ1) is 15.2. The topological polar surface area (TPSA) is 68.7 Å². The Bertz CT molecular complexity index is 387. The van der Waals surface area contributed by atoms with Crippen molar-refractivity contribution in [2.24, 2.45) is 10.7 Å². The van der Waals surface area contributed by atoms with Gasteiger partial charge in [0.2, 0.25) is 0 Å². The van der Waals surface area contributed by atoms with Gasteiger partial charge in [0.05, 0.1) is 26.0 Å². The van der Waals surface area contributed by atoms with E-state index in [-0.39, 0.29) is 24.0 Å². The molecule has 0 unspecified atom stereocenters. The largest absolute Gasteiger partial charge is 0.378 e. The van der Waals surface area contributed by atoms with Crippen molar-refractivity contribution < 1.29 is 4.74 Å². The summed E-state index contributed by atoms with van der Waals surface area (Å²) in [4.78, 5) is 6.43. The highest BCUT2D eigenvalue weighted by molar-refractivity contribution is 14.0. The highest BCUT2D eigenvalue weighted by atomic mass is 127. The molecule has 0 amide bonds. The van der Waals surface area contributed by atoms with Crippen LogP contribution in [0.3, 0.4) is 0 Å². The Labute approximate surface area is 124 Å². The molecule has 18 heavy (non-hydrogen) atoms. The first-order valence-electron chi connectivity index (χ1n) is 5.93. The van der Waals surface area contributed by atoms with Crippen molar-refractivity contribution in [2.45, 2.75) is 20.0 Å². The SMILES string of the molecule is CCn1cc(CN=C(N)N2CCOCC2)cn1.I. The van der Waals surface area contributed by atoms with Gasteiger partial charge in [-0.25, -0.2) is 4.99 Å². The van der Waals surface area contributed by atoms with Gasteiger partial charge in [0.15, 0.2) is 5.96 Å². The van der Waals surface area contributed by atoms with E-state index in [0.717, 1.165) is 38.4 Å². The second-order valence-corrected chi connectivity index (χ2v) is 3.98. The molecule has 2 N–H and O–H groups in total. The third-order valence-electron chi connectivity index (χ3n) is 2.77. The maximum atomic E-state index is 5.93. The van der Waals surface area contributed by atoms with Gasteiger partial charge in [-0.1, -0.05) is 0 Å². The Balaban J connectivity index is 0.00000162. The highest BCUT2D eigenvalue weighted by Gasteiger charge is 2.11. The summed E-state index contributed by atoms with van der Waals surface area (Å²) < 4.78 is 7.15. The molecule has 0 spiro atoms. The van der Waals surface area contributed by atoms with Gasteiger partial charge in [-0.15, -0.1) is 24.0 Å². The normalized spacial score (nSPS) is 16.5. The molecule has 0 aliphatic carbocycles. The monoisotopic (exact) mass is 365 g/mol. The smallest absolute Gasteiger partial charge is 0.191 e. The van der Waals surface area contributed by atoms with Gasteiger partial charge in [-0.3, -0.25) is 4.68 Å². The van der Waals surface area contributed by atoms with Gasteiger partial charge in [0.1, 0.15) is 0 Å². The molecular weight excluding hydrogens is 345 g/mol. The number of hydrogen-bond donors (Lipinski definition) is 1. The number of morpholine rings is 1. The minimum absolute atomic E-state index is 0. The second kappa shape index (κ2) is 7.57. The van der Waals surface area contributed by atoms with Crippen LogP contribution in [0.1, 0.15) is 12.5 Å². The number of halogens is 1. The molecule has 1 aromatic heterocycles. The lowest BCUT2D eigenvalue weighted by Crippen LogP contribution is -2.44. The number of aryl methyl sites for hydroxylation is 1. The minimum Gasteiger partial charge on any atom is -0.378 e. The number of nitrogens with zero attached hydrogens (tertiary/aromatic N) is 4. The average Bonchev–Trinajstić information content (AvgIpc) is 2.85. The van der Waals surface area contributed by atoms with Crippen LogP contribution in [0.15, 0.2) is 17.4 Å². The summed E-state index contributed by atoms with van der Waals surface area (Å²) in [5.41, 5.74) is 7.01. The molecule has 0 atom stereocenters. The van der Waals surface area contributed by atoms with Gasteiger partial charge in [-0.05, 0) is 6.92 Å². The maximum Gasteiger partial charge on any atom is 0.191 e. The Kier molecular flexibility index (Phi) is 6.41. The van der Waals surface area contributed by atoms with Crippen molar-refractivity contribution >= 4 is 29.9 Å². The van der Waals surface area contributed by atoms with Crippen molar-refractivity contribution in [1.29, 1.82) is 0 Å². The van der Waals surface area contributed by atoms with Crippen molar-refractivity contribution in [3.63, 3.8) is 0 Å². The standard InChI is InChI=1S/C11H19N5O.HI/c1-2-16-9-10(8-14-16)7-13-11(12)15-3-5-17-6-4-15;/h8-9H,2-7H2,1H3,(H2,12,13);1H. The van der Waals surface area contributed by atoms with Gasteiger partial charge in [-0.2, -0.15) is 5.10 Å². The fraction of sp³-hybridized carbons (Fsp3) is 0.636. The maximum absolute atomic E-state index is 5.93. The number of hydrogen-bond acceptors (Lipinski definition) is 3. The van der Waals surface area contributed by atoms with E-state index in [4.69, 9.17) is 10.5 Å². The second-order valence-electron chi connectivity index (χ2n) is 3.98. The fourth-order valence-corrected chi connectivity index (χ4v) is 1.73. The summed E-state index contributed by atoms with van der Waals surface area (Å²) >= 11 is 0. The first-order valence-corrected chi connectivity index (χ1v) is 5.93. The molecule has 2 heterocycles. The van der Waals surface area contributed by atoms with Gasteiger partial charge in [0, 0.05) is 31.4 Å². The molecule has 1 saturated heterocycles. The van der Waals surface area contributed by atoms with Crippen LogP contribution >= 0.6 is 24.0 Å². The van der Waals surface area contributed by atoms with Crippen LogP contribution in [0.25, 0.3) is 0 Å². The summed E-state index contributed by atoms with van der Waals surface area (Å²) in [6.07, 6.45) is 3.83. The van der Waals surface area contributed by atoms with Crippen molar-refractivity contribution in [3.05, 3.63) is 18.0 Å². The summed E-state index contributed by atoms with van der Waals surface area (Å²) in [6, 6.07) is 0. The number of aromatic nitrogens is 2. The molecule has 1 fully saturated rings. The summed E-state index contributed by atoms with van der Waals surface area (Å²) in [6.45, 7) is 6.62. The molecule has 102 valence electrons. The van der Waals surface area contributed by atoms with Crippen LogP contribution in [-0.4, -0.2) is 46.9 Å². The number of guanidine groups is 1. The molecule has 0 aromatic carbocycles. The number of nitrogens with two attached hydrogens (primary N) is 1. The van der Waals surface area contributed by atoms with E-state index < -0.39 is 0 Å². The number of aliphatic imine (C=N–C) groups is 1. The van der Waals surface area contributed by atoms with Crippen LogP contribution in [0, 0.1) is 0 Å². The highest BCUT2D eigenvalue weighted by Crippen LogP contribution is 2.02. The van der Waals surface area contributed by atoms with E-state index in [1.807, 2.05) is 22.0 Å². The summed E-state index contributed by atoms with van der Waals surface area (Å²) in [5.74, 6) is 0.595. The molecule has 0 bridgehead atoms. The van der Waals surface area contributed by atoms with Gasteiger partial charge < -0.3 is 15.4 Å². The van der Waals surface area contributed by atoms with E-state index in [9.17, 15) is 0 Å². The summed E-state index contributed by atoms with van der Waals surface area (Å²) in [5, 5.41) is 4.20. The van der Waals surface area contributed by atoms with Crippen LogP contribution in [0.4, 0.5) is 0 Å². The van der Waals surface area contributed by atoms with Crippen molar-refractivity contribution in [3.8, 4) is 0 Å². The number of ether oxygens (including phenoxy) is 1. The van der Waals surface area contributed by atoms with E-state index in [0.29, 0.717) is 12.5 Å². The van der Waals surface area contributed by atoms with Crippen molar-refractivity contribution in [2.75, 3.05) is 26.3 Å². The molecule has 7 heteroatoms. The molecule has 2 rings (SSSR count).